The fourth-order valence-electron chi connectivity index (χ4n) is 6.69. The minimum atomic E-state index is -3.40. The number of aromatic nitrogens is 3. The van der Waals surface area contributed by atoms with Gasteiger partial charge in [-0.15, -0.1) is 90.0 Å². The number of nitriles is 1. The summed E-state index contributed by atoms with van der Waals surface area (Å²) in [6, 6.07) is 38.2. The van der Waals surface area contributed by atoms with E-state index in [1.54, 1.807) is 75.4 Å². The quantitative estimate of drug-likeness (QED) is 0.108. The van der Waals surface area contributed by atoms with E-state index in [1.807, 2.05) is 6.07 Å². The molecule has 9 rings (SSSR count). The molecular formula is C57H47IrN4O. The van der Waals surface area contributed by atoms with Gasteiger partial charge in [0.15, 0.2) is 0 Å². The number of benzene rings is 5. The Bertz CT molecular complexity index is 3680. The second-order valence-corrected chi connectivity index (χ2v) is 15.3. The van der Waals surface area contributed by atoms with Gasteiger partial charge in [-0.05, 0) is 118 Å². The maximum atomic E-state index is 9.78. The molecule has 9 aromatic rings. The van der Waals surface area contributed by atoms with E-state index in [2.05, 4.69) is 33.2 Å². The number of hydrogen-bond donors (Lipinski definition) is 0. The Balaban J connectivity index is 0.00000822. The smallest absolute Gasteiger partial charge is 0.501 e. The van der Waals surface area contributed by atoms with E-state index >= 15 is 0 Å². The third-order valence-electron chi connectivity index (χ3n) is 9.54. The fraction of sp³-hybridized carbons (Fsp3) is 0.193. The van der Waals surface area contributed by atoms with Gasteiger partial charge in [0, 0.05) is 43.2 Å². The molecule has 310 valence electrons. The van der Waals surface area contributed by atoms with Crippen molar-refractivity contribution in [3.63, 3.8) is 0 Å². The van der Waals surface area contributed by atoms with Crippen molar-refractivity contribution in [2.24, 2.45) is 5.41 Å². The van der Waals surface area contributed by atoms with Crippen LogP contribution in [0.1, 0.15) is 87.2 Å². The van der Waals surface area contributed by atoms with E-state index in [1.165, 1.54) is 42.5 Å². The van der Waals surface area contributed by atoms with Crippen LogP contribution in [-0.2, 0) is 64.7 Å². The number of pyridine rings is 3. The van der Waals surface area contributed by atoms with Crippen LogP contribution in [0.3, 0.4) is 0 Å². The summed E-state index contributed by atoms with van der Waals surface area (Å²) >= 11 is 0. The number of nitrogens with zero attached hydrogens (tertiary/aromatic N) is 4. The van der Waals surface area contributed by atoms with Gasteiger partial charge >= 0.3 is 20.1 Å². The first kappa shape index (κ1) is 27.5. The Labute approximate surface area is 406 Å². The van der Waals surface area contributed by atoms with Crippen LogP contribution in [0.25, 0.3) is 55.7 Å². The van der Waals surface area contributed by atoms with Crippen LogP contribution in [0.15, 0.2) is 150 Å². The zero-order chi connectivity index (χ0) is 56.8. The Morgan fingerprint density at radius 2 is 1.21 bits per heavy atom. The molecule has 0 bridgehead atoms. The van der Waals surface area contributed by atoms with Crippen molar-refractivity contribution in [3.05, 3.63) is 209 Å². The third kappa shape index (κ3) is 10.4. The minimum absolute atomic E-state index is 0. The first-order valence-electron chi connectivity index (χ1n) is 27.7. The molecule has 0 saturated carbocycles. The van der Waals surface area contributed by atoms with Crippen LogP contribution in [-0.4, -0.2) is 15.0 Å². The molecule has 63 heavy (non-hydrogen) atoms. The van der Waals surface area contributed by atoms with Gasteiger partial charge in [0.25, 0.3) is 0 Å². The summed E-state index contributed by atoms with van der Waals surface area (Å²) in [5.41, 5.74) is -2.97. The summed E-state index contributed by atoms with van der Waals surface area (Å²) in [5.74, 6) is 0. The van der Waals surface area contributed by atoms with Crippen molar-refractivity contribution in [3.8, 4) is 39.8 Å². The molecule has 0 aliphatic rings. The van der Waals surface area contributed by atoms with Gasteiger partial charge in [0.2, 0.25) is 0 Å². The normalized spacial score (nSPS) is 16.7. The van der Waals surface area contributed by atoms with Crippen LogP contribution < -0.4 is 0 Å². The van der Waals surface area contributed by atoms with E-state index in [0.717, 1.165) is 36.8 Å². The van der Waals surface area contributed by atoms with Crippen LogP contribution in [0, 0.1) is 34.9 Å². The summed E-state index contributed by atoms with van der Waals surface area (Å²) in [4.78, 5) is 13.3. The first-order valence-corrected chi connectivity index (χ1v) is 19.7. The van der Waals surface area contributed by atoms with E-state index in [4.69, 9.17) is 7.16 Å². The zero-order valence-corrected chi connectivity index (χ0v) is 36.6. The summed E-state index contributed by atoms with van der Waals surface area (Å²) in [7, 11) is 0. The largest absolute Gasteiger partial charge is 3.00 e. The van der Waals surface area contributed by atoms with Gasteiger partial charge < -0.3 is 19.4 Å². The molecule has 6 heteroatoms. The zero-order valence-electron chi connectivity index (χ0n) is 50.2. The molecule has 0 atom stereocenters. The molecule has 0 aliphatic heterocycles. The topological polar surface area (TPSA) is 75.6 Å². The summed E-state index contributed by atoms with van der Waals surface area (Å²) in [6.07, 6.45) is -18.4. The van der Waals surface area contributed by atoms with Crippen LogP contribution in [0.5, 0.6) is 0 Å². The predicted octanol–water partition coefficient (Wildman–Crippen LogP) is 13.0. The van der Waals surface area contributed by atoms with Crippen molar-refractivity contribution in [1.29, 1.82) is 5.26 Å². The average molecular weight is 1010 g/mol. The first-order chi connectivity index (χ1) is 36.4. The summed E-state index contributed by atoms with van der Waals surface area (Å²) in [6.45, 7) is 4.67. The van der Waals surface area contributed by atoms with Crippen LogP contribution in [0.4, 0.5) is 0 Å². The molecule has 4 aromatic heterocycles. The average Bonchev–Trinajstić information content (AvgIpc) is 4.00. The van der Waals surface area contributed by atoms with Gasteiger partial charge in [-0.3, -0.25) is 0 Å². The second-order valence-electron chi connectivity index (χ2n) is 15.3. The van der Waals surface area contributed by atoms with Gasteiger partial charge in [0.1, 0.15) is 5.58 Å². The van der Waals surface area contributed by atoms with Crippen molar-refractivity contribution >= 4 is 21.9 Å². The molecule has 4 heterocycles. The van der Waals surface area contributed by atoms with Crippen molar-refractivity contribution < 1.29 is 46.5 Å². The predicted molar refractivity (Wildman–Crippen MR) is 249 cm³/mol. The van der Waals surface area contributed by atoms with E-state index < -0.39 is 72.3 Å². The maximum Gasteiger partial charge on any atom is 3.00 e. The number of aryl methyl sites for hydroxylation is 6. The molecule has 0 N–H and O–H groups in total. The molecule has 5 aromatic carbocycles. The van der Waals surface area contributed by atoms with Crippen LogP contribution in [0.2, 0.25) is 0 Å². The molecule has 0 saturated heterocycles. The molecule has 0 unspecified atom stereocenters. The monoisotopic (exact) mass is 1010 g/mol. The van der Waals surface area contributed by atoms with Gasteiger partial charge in [-0.2, -0.15) is 5.26 Å². The number of fused-ring (bicyclic) bond motifs is 3. The summed E-state index contributed by atoms with van der Waals surface area (Å²) < 4.78 is 157. The Morgan fingerprint density at radius 3 is 1.75 bits per heavy atom. The molecule has 0 fully saturated rings. The SMILES string of the molecule is [2H]c1cc2c(oc3c(-c4cc(C([2H])([2H])C(C)(C)C)c(C([2H])([2H])C([2H])([2H])c5cc(C([2H])([2H])C([2H])([2H])c6ccc(-c7[c-]cccc7)nc6)cc(C([2H])([2H])C([2H])([2H])c6ccc(-c7[c-]cccc7)nc6)c5)cn4)[c-]ccc32)c([2H])c1C#N.[Ir+3]. The fourth-order valence-corrected chi connectivity index (χ4v) is 6.69. The number of furan rings is 1. The van der Waals surface area contributed by atoms with E-state index in [0.29, 0.717) is 33.3 Å². The number of hydrogen-bond acceptors (Lipinski definition) is 5. The summed E-state index contributed by atoms with van der Waals surface area (Å²) in [5, 5.41) is 10.4. The van der Waals surface area contributed by atoms with Gasteiger partial charge in [-0.1, -0.05) is 86.3 Å². The maximum absolute atomic E-state index is 9.78. The molecule has 0 spiro atoms. The van der Waals surface area contributed by atoms with Crippen LogP contribution >= 0.6 is 0 Å². The molecule has 0 radical (unpaired) electrons. The van der Waals surface area contributed by atoms with Crippen molar-refractivity contribution in [2.45, 2.75) is 65.4 Å². The van der Waals surface area contributed by atoms with Gasteiger partial charge in [0.05, 0.1) is 20.0 Å². The molecule has 0 aliphatic carbocycles. The number of rotatable bonds is 13. The second kappa shape index (κ2) is 19.3. The van der Waals surface area contributed by atoms with E-state index in [9.17, 15) is 24.5 Å². The third-order valence-corrected chi connectivity index (χ3v) is 9.54. The Hall–Kier alpha value is -6.51. The van der Waals surface area contributed by atoms with Gasteiger partial charge in [-0.25, -0.2) is 0 Å². The van der Waals surface area contributed by atoms with E-state index in [-0.39, 0.29) is 76.9 Å². The Morgan fingerprint density at radius 1 is 0.619 bits per heavy atom. The minimum Gasteiger partial charge on any atom is -0.501 e. The Kier molecular flexibility index (Phi) is 8.42. The molecular weight excluding hydrogens is 949 g/mol. The molecule has 0 amide bonds. The molecule has 5 nitrogen and oxygen atoms in total. The van der Waals surface area contributed by atoms with Crippen molar-refractivity contribution in [2.75, 3.05) is 0 Å². The standard InChI is InChI=1S/C57H47N4O.Ir/c1-57(2,3)34-48-33-54(51-16-10-15-50-49-26-22-44(35-58)32-55(49)62-56(50)51)61-38-47(48)25-21-43-30-41(19-17-39-23-27-52(59-36-39)45-11-6-4-7-12-45)29-42(31-43)20-18-40-24-28-53(60-37-40)46-13-8-5-9-14-46;/h4-11,13,15,22-24,26-33,36-38H,17-21,25,34H2,1-3H3;/q-3;+3/i17D2,18D2,19D2,20D2,21D2,22D,25D2,32D,34D2;. The van der Waals surface area contributed by atoms with Crippen molar-refractivity contribution in [1.82, 2.24) is 15.0 Å².